The van der Waals surface area contributed by atoms with Gasteiger partial charge in [-0.2, -0.15) is 0 Å². The van der Waals surface area contributed by atoms with E-state index in [0.717, 1.165) is 22.6 Å². The van der Waals surface area contributed by atoms with Gasteiger partial charge >= 0.3 is 0 Å². The number of nitrogens with zero attached hydrogens (tertiary/aromatic N) is 1. The summed E-state index contributed by atoms with van der Waals surface area (Å²) in [5.74, 6) is 0. The average molecular weight is 788 g/mol. The Hall–Kier alpha value is -7.04. The maximum atomic E-state index is 3.89. The van der Waals surface area contributed by atoms with E-state index in [4.69, 9.17) is 0 Å². The van der Waals surface area contributed by atoms with Gasteiger partial charge in [0.15, 0.2) is 0 Å². The molecule has 0 saturated heterocycles. The van der Waals surface area contributed by atoms with Gasteiger partial charge in [0.05, 0.1) is 0 Å². The number of thiophene rings is 2. The molecule has 0 aliphatic carbocycles. The van der Waals surface area contributed by atoms with E-state index < -0.39 is 0 Å². The smallest absolute Gasteiger partial charge is 0.0462 e. The van der Waals surface area contributed by atoms with Crippen LogP contribution in [0.25, 0.3) is 90.9 Å². The third-order valence-electron chi connectivity index (χ3n) is 11.5. The van der Waals surface area contributed by atoms with Gasteiger partial charge in [0.2, 0.25) is 0 Å². The third kappa shape index (κ3) is 6.33. The van der Waals surface area contributed by atoms with Crippen LogP contribution in [-0.4, -0.2) is 0 Å². The molecule has 0 bridgehead atoms. The van der Waals surface area contributed by atoms with Crippen LogP contribution in [0, 0.1) is 0 Å². The van der Waals surface area contributed by atoms with Gasteiger partial charge in [0, 0.05) is 57.4 Å². The zero-order valence-corrected chi connectivity index (χ0v) is 33.8. The highest BCUT2D eigenvalue weighted by Crippen LogP contribution is 2.44. The predicted molar refractivity (Wildman–Crippen MR) is 259 cm³/mol. The summed E-state index contributed by atoms with van der Waals surface area (Å²) in [6.45, 7) is 3.89. The van der Waals surface area contributed by atoms with Gasteiger partial charge in [-0.05, 0) is 98.6 Å². The summed E-state index contributed by atoms with van der Waals surface area (Å²) in [6, 6.07) is 75.3. The van der Waals surface area contributed by atoms with Crippen molar-refractivity contribution in [2.45, 2.75) is 0 Å². The average Bonchev–Trinajstić information content (AvgIpc) is 3.89. The molecule has 0 amide bonds. The molecule has 0 aliphatic heterocycles. The van der Waals surface area contributed by atoms with Crippen LogP contribution in [0.15, 0.2) is 213 Å². The zero-order chi connectivity index (χ0) is 39.3. The molecule has 11 rings (SSSR count). The summed E-state index contributed by atoms with van der Waals surface area (Å²) in [5.41, 5.74) is 14.2. The molecule has 0 saturated carbocycles. The molecule has 3 heteroatoms. The molecule has 9 aromatic carbocycles. The predicted octanol–water partition coefficient (Wildman–Crippen LogP) is 17.2. The molecule has 0 aliphatic rings. The SMILES string of the molecule is C=Cc1ccc(-c2ccc(-c3ccc(N(c4ccc(-c5cccc6c5sc5ccccc56)cc4)c4ccc(-c5cccc6c5sc5ccccc56)cc4)cc3)cc2)cc1. The van der Waals surface area contributed by atoms with E-state index >= 15 is 0 Å². The first kappa shape index (κ1) is 35.1. The van der Waals surface area contributed by atoms with Crippen molar-refractivity contribution in [3.05, 3.63) is 218 Å². The van der Waals surface area contributed by atoms with Gasteiger partial charge in [-0.15, -0.1) is 22.7 Å². The number of benzene rings is 9. The van der Waals surface area contributed by atoms with Crippen molar-refractivity contribution in [2.24, 2.45) is 0 Å². The fraction of sp³-hybridized carbons (Fsp3) is 0. The maximum absolute atomic E-state index is 3.89. The maximum Gasteiger partial charge on any atom is 0.0462 e. The van der Waals surface area contributed by atoms with Crippen LogP contribution in [0.4, 0.5) is 17.1 Å². The quantitative estimate of drug-likeness (QED) is 0.148. The monoisotopic (exact) mass is 787 g/mol. The summed E-state index contributed by atoms with van der Waals surface area (Å²) in [7, 11) is 0. The van der Waals surface area contributed by atoms with E-state index in [-0.39, 0.29) is 0 Å². The highest BCUT2D eigenvalue weighted by Gasteiger charge is 2.17. The molecule has 1 nitrogen and oxygen atoms in total. The Morgan fingerprint density at radius 1 is 0.322 bits per heavy atom. The first-order valence-electron chi connectivity index (χ1n) is 19.9. The highest BCUT2D eigenvalue weighted by atomic mass is 32.1. The number of anilines is 3. The second kappa shape index (κ2) is 14.7. The Balaban J connectivity index is 0.960. The Morgan fingerprint density at radius 3 is 1.07 bits per heavy atom. The highest BCUT2D eigenvalue weighted by molar-refractivity contribution is 7.26. The number of hydrogen-bond acceptors (Lipinski definition) is 3. The standard InChI is InChI=1S/C56H37NS2/c1-2-37-17-19-38(20-18-37)39-21-23-40(24-22-39)41-25-31-44(32-26-41)57(45-33-27-42(28-34-45)47-11-7-13-51-49-9-3-5-15-53(49)58-55(47)51)46-35-29-43(30-36-46)48-12-8-14-52-50-10-4-6-16-54(50)59-56(48)52/h2-36H,1H2. The fourth-order valence-electron chi connectivity index (χ4n) is 8.45. The Labute approximate surface area is 352 Å². The number of rotatable bonds is 8. The van der Waals surface area contributed by atoms with E-state index in [1.54, 1.807) is 0 Å². The van der Waals surface area contributed by atoms with E-state index in [1.165, 1.54) is 84.9 Å². The van der Waals surface area contributed by atoms with Gasteiger partial charge in [0.25, 0.3) is 0 Å². The van der Waals surface area contributed by atoms with E-state index in [9.17, 15) is 0 Å². The van der Waals surface area contributed by atoms with Crippen LogP contribution in [0.2, 0.25) is 0 Å². The first-order valence-corrected chi connectivity index (χ1v) is 21.6. The van der Waals surface area contributed by atoms with Crippen molar-refractivity contribution < 1.29 is 0 Å². The summed E-state index contributed by atoms with van der Waals surface area (Å²) in [6.07, 6.45) is 1.88. The van der Waals surface area contributed by atoms with Crippen molar-refractivity contribution in [3.8, 4) is 44.5 Å². The lowest BCUT2D eigenvalue weighted by Crippen LogP contribution is -2.09. The molecule has 2 heterocycles. The van der Waals surface area contributed by atoms with Crippen LogP contribution in [0.5, 0.6) is 0 Å². The largest absolute Gasteiger partial charge is 0.311 e. The van der Waals surface area contributed by atoms with E-state index in [1.807, 2.05) is 28.7 Å². The van der Waals surface area contributed by atoms with Crippen LogP contribution >= 0.6 is 22.7 Å². The summed E-state index contributed by atoms with van der Waals surface area (Å²) >= 11 is 3.75. The van der Waals surface area contributed by atoms with Crippen molar-refractivity contribution in [3.63, 3.8) is 0 Å². The molecule has 0 atom stereocenters. The van der Waals surface area contributed by atoms with Gasteiger partial charge in [-0.1, -0.05) is 170 Å². The van der Waals surface area contributed by atoms with Gasteiger partial charge in [-0.3, -0.25) is 0 Å². The summed E-state index contributed by atoms with van der Waals surface area (Å²) in [4.78, 5) is 2.37. The van der Waals surface area contributed by atoms with Crippen LogP contribution in [-0.2, 0) is 0 Å². The lowest BCUT2D eigenvalue weighted by atomic mass is 9.99. The first-order chi connectivity index (χ1) is 29.2. The summed E-state index contributed by atoms with van der Waals surface area (Å²) in [5, 5.41) is 5.28. The second-order valence-electron chi connectivity index (χ2n) is 14.9. The minimum atomic E-state index is 1.10. The topological polar surface area (TPSA) is 3.24 Å². The molecule has 0 N–H and O–H groups in total. The van der Waals surface area contributed by atoms with Crippen LogP contribution < -0.4 is 4.90 Å². The molecule has 0 radical (unpaired) electrons. The molecule has 11 aromatic rings. The molecule has 0 unspecified atom stereocenters. The minimum Gasteiger partial charge on any atom is -0.311 e. The van der Waals surface area contributed by atoms with Gasteiger partial charge < -0.3 is 4.90 Å². The summed E-state index contributed by atoms with van der Waals surface area (Å²) < 4.78 is 5.30. The minimum absolute atomic E-state index is 1.10. The normalized spacial score (nSPS) is 11.5. The molecule has 278 valence electrons. The van der Waals surface area contributed by atoms with Crippen LogP contribution in [0.1, 0.15) is 5.56 Å². The molecular formula is C56H37NS2. The van der Waals surface area contributed by atoms with Gasteiger partial charge in [0.1, 0.15) is 0 Å². The third-order valence-corrected chi connectivity index (χ3v) is 13.9. The lowest BCUT2D eigenvalue weighted by Gasteiger charge is -2.26. The Kier molecular flexibility index (Phi) is 8.77. The molecule has 0 spiro atoms. The van der Waals surface area contributed by atoms with E-state index in [0.29, 0.717) is 0 Å². The number of fused-ring (bicyclic) bond motifs is 6. The van der Waals surface area contributed by atoms with E-state index in [2.05, 4.69) is 218 Å². The second-order valence-corrected chi connectivity index (χ2v) is 17.0. The van der Waals surface area contributed by atoms with Crippen molar-refractivity contribution in [1.82, 2.24) is 0 Å². The Morgan fingerprint density at radius 2 is 0.661 bits per heavy atom. The lowest BCUT2D eigenvalue weighted by molar-refractivity contribution is 1.28. The number of hydrogen-bond donors (Lipinski definition) is 0. The molecule has 59 heavy (non-hydrogen) atoms. The van der Waals surface area contributed by atoms with Crippen LogP contribution in [0.3, 0.4) is 0 Å². The molecule has 2 aromatic heterocycles. The van der Waals surface area contributed by atoms with Crippen molar-refractivity contribution in [2.75, 3.05) is 4.90 Å². The van der Waals surface area contributed by atoms with Crippen molar-refractivity contribution >= 4 is 86.2 Å². The van der Waals surface area contributed by atoms with Crippen molar-refractivity contribution in [1.29, 1.82) is 0 Å². The molecule has 0 fully saturated rings. The Bertz CT molecular complexity index is 3140. The fourth-order valence-corrected chi connectivity index (χ4v) is 10.9. The zero-order valence-electron chi connectivity index (χ0n) is 32.2. The molecular weight excluding hydrogens is 751 g/mol. The van der Waals surface area contributed by atoms with Gasteiger partial charge in [-0.25, -0.2) is 0 Å².